The van der Waals surface area contributed by atoms with E-state index < -0.39 is 0 Å². The fourth-order valence-corrected chi connectivity index (χ4v) is 2.46. The minimum atomic E-state index is 0.529. The van der Waals surface area contributed by atoms with Crippen LogP contribution in [0.5, 0.6) is 0 Å². The zero-order chi connectivity index (χ0) is 12.5. The van der Waals surface area contributed by atoms with Crippen molar-refractivity contribution in [1.82, 2.24) is 10.3 Å². The highest BCUT2D eigenvalue weighted by Crippen LogP contribution is 2.10. The number of nitrogens with one attached hydrogen (secondary N) is 1. The van der Waals surface area contributed by atoms with E-state index >= 15 is 0 Å². The van der Waals surface area contributed by atoms with Gasteiger partial charge in [-0.25, -0.2) is 4.98 Å². The van der Waals surface area contributed by atoms with Gasteiger partial charge in [0.05, 0.1) is 0 Å². The van der Waals surface area contributed by atoms with Crippen LogP contribution in [0.15, 0.2) is 18.3 Å². The summed E-state index contributed by atoms with van der Waals surface area (Å²) in [6.45, 7) is 5.48. The molecule has 1 rings (SSSR count). The van der Waals surface area contributed by atoms with Gasteiger partial charge in [0.25, 0.3) is 0 Å². The summed E-state index contributed by atoms with van der Waals surface area (Å²) in [5.74, 6) is 2.93. The molecule has 96 valence electrons. The van der Waals surface area contributed by atoms with Crippen molar-refractivity contribution in [1.29, 1.82) is 0 Å². The summed E-state index contributed by atoms with van der Waals surface area (Å²) >= 11 is 1.98. The third kappa shape index (κ3) is 5.94. The number of hydrogen-bond donors (Lipinski definition) is 2. The molecule has 1 aromatic heterocycles. The van der Waals surface area contributed by atoms with Crippen molar-refractivity contribution in [2.45, 2.75) is 32.7 Å². The summed E-state index contributed by atoms with van der Waals surface area (Å²) < 4.78 is 0. The predicted molar refractivity (Wildman–Crippen MR) is 77.4 cm³/mol. The number of aromatic nitrogens is 1. The Kier molecular flexibility index (Phi) is 7.05. The second-order valence-electron chi connectivity index (χ2n) is 4.10. The van der Waals surface area contributed by atoms with E-state index in [4.69, 9.17) is 5.73 Å². The summed E-state index contributed by atoms with van der Waals surface area (Å²) in [6.07, 6.45) is 3.99. The van der Waals surface area contributed by atoms with Gasteiger partial charge in [0.1, 0.15) is 5.82 Å². The number of thioether (sulfide) groups is 1. The van der Waals surface area contributed by atoms with Crippen molar-refractivity contribution in [3.8, 4) is 0 Å². The summed E-state index contributed by atoms with van der Waals surface area (Å²) in [5.41, 5.74) is 6.96. The largest absolute Gasteiger partial charge is 0.384 e. The Bertz CT molecular complexity index is 309. The minimum absolute atomic E-state index is 0.529. The van der Waals surface area contributed by atoms with E-state index in [1.165, 1.54) is 17.7 Å². The molecule has 0 spiro atoms. The van der Waals surface area contributed by atoms with E-state index in [9.17, 15) is 0 Å². The molecular formula is C13H23N3S. The maximum absolute atomic E-state index is 5.70. The molecule has 1 unspecified atom stereocenters. The van der Waals surface area contributed by atoms with Crippen LogP contribution in [0.1, 0.15) is 25.8 Å². The van der Waals surface area contributed by atoms with Crippen LogP contribution in [-0.2, 0) is 6.42 Å². The molecule has 0 saturated carbocycles. The first kappa shape index (κ1) is 14.3. The van der Waals surface area contributed by atoms with Crippen LogP contribution in [0.4, 0.5) is 5.82 Å². The molecule has 0 aliphatic rings. The zero-order valence-corrected chi connectivity index (χ0v) is 11.6. The van der Waals surface area contributed by atoms with Gasteiger partial charge < -0.3 is 11.1 Å². The molecule has 17 heavy (non-hydrogen) atoms. The smallest absolute Gasteiger partial charge is 0.123 e. The van der Waals surface area contributed by atoms with Gasteiger partial charge in [0.15, 0.2) is 0 Å². The van der Waals surface area contributed by atoms with Crippen LogP contribution in [0.2, 0.25) is 0 Å². The van der Waals surface area contributed by atoms with Gasteiger partial charge in [0.2, 0.25) is 0 Å². The lowest BCUT2D eigenvalue weighted by Gasteiger charge is -2.18. The normalized spacial score (nSPS) is 12.6. The topological polar surface area (TPSA) is 50.9 Å². The molecule has 0 amide bonds. The minimum Gasteiger partial charge on any atom is -0.384 e. The van der Waals surface area contributed by atoms with Gasteiger partial charge in [-0.2, -0.15) is 11.8 Å². The van der Waals surface area contributed by atoms with Crippen LogP contribution < -0.4 is 11.1 Å². The van der Waals surface area contributed by atoms with E-state index in [0.717, 1.165) is 18.7 Å². The summed E-state index contributed by atoms with van der Waals surface area (Å²) in [4.78, 5) is 4.02. The Balaban J connectivity index is 2.51. The molecular weight excluding hydrogens is 230 g/mol. The maximum Gasteiger partial charge on any atom is 0.123 e. The quantitative estimate of drug-likeness (QED) is 0.746. The third-order valence-electron chi connectivity index (χ3n) is 2.53. The highest BCUT2D eigenvalue weighted by Gasteiger charge is 2.08. The Morgan fingerprint density at radius 2 is 2.29 bits per heavy atom. The number of nitrogens with two attached hydrogens (primary N) is 1. The number of anilines is 1. The molecule has 0 aliphatic carbocycles. The van der Waals surface area contributed by atoms with Crippen molar-refractivity contribution >= 4 is 17.6 Å². The van der Waals surface area contributed by atoms with Gasteiger partial charge in [-0.05, 0) is 42.8 Å². The first-order valence-corrected chi connectivity index (χ1v) is 7.43. The fraction of sp³-hybridized carbons (Fsp3) is 0.615. The second-order valence-corrected chi connectivity index (χ2v) is 5.42. The number of nitrogen functional groups attached to an aromatic ring is 1. The van der Waals surface area contributed by atoms with Crippen LogP contribution in [0.3, 0.4) is 0 Å². The number of nitrogens with zero attached hydrogens (tertiary/aromatic N) is 1. The maximum atomic E-state index is 5.70. The number of hydrogen-bond acceptors (Lipinski definition) is 4. The lowest BCUT2D eigenvalue weighted by atomic mass is 10.1. The van der Waals surface area contributed by atoms with E-state index in [1.807, 2.05) is 23.9 Å². The molecule has 4 heteroatoms. The Labute approximate surface area is 109 Å². The first-order chi connectivity index (χ1) is 8.26. The molecule has 0 aromatic carbocycles. The molecule has 0 aliphatic heterocycles. The molecule has 0 saturated heterocycles. The highest BCUT2D eigenvalue weighted by atomic mass is 32.2. The third-order valence-corrected chi connectivity index (χ3v) is 3.58. The standard InChI is InChI=1S/C13H23N3S/c1-3-6-15-12(10-17-4-2)8-11-5-7-16-13(14)9-11/h5,7,9,12,15H,3-4,6,8,10H2,1-2H3,(H2,14,16). The average molecular weight is 253 g/mol. The molecule has 0 bridgehead atoms. The molecule has 0 radical (unpaired) electrons. The molecule has 1 aromatic rings. The second kappa shape index (κ2) is 8.37. The van der Waals surface area contributed by atoms with Crippen molar-refractivity contribution in [3.63, 3.8) is 0 Å². The molecule has 3 nitrogen and oxygen atoms in total. The van der Waals surface area contributed by atoms with E-state index in [-0.39, 0.29) is 0 Å². The Morgan fingerprint density at radius 1 is 1.47 bits per heavy atom. The van der Waals surface area contributed by atoms with Crippen molar-refractivity contribution in [3.05, 3.63) is 23.9 Å². The van der Waals surface area contributed by atoms with E-state index in [2.05, 4.69) is 24.1 Å². The molecule has 1 atom stereocenters. The average Bonchev–Trinajstić information content (AvgIpc) is 2.32. The molecule has 0 fully saturated rings. The zero-order valence-electron chi connectivity index (χ0n) is 10.8. The van der Waals surface area contributed by atoms with Crippen LogP contribution in [0, 0.1) is 0 Å². The van der Waals surface area contributed by atoms with E-state index in [1.54, 1.807) is 6.20 Å². The monoisotopic (exact) mass is 253 g/mol. The van der Waals surface area contributed by atoms with Crippen LogP contribution in [-0.4, -0.2) is 29.1 Å². The van der Waals surface area contributed by atoms with Crippen LogP contribution in [0.25, 0.3) is 0 Å². The van der Waals surface area contributed by atoms with Gasteiger partial charge in [-0.3, -0.25) is 0 Å². The summed E-state index contributed by atoms with van der Waals surface area (Å²) in [5, 5.41) is 3.59. The highest BCUT2D eigenvalue weighted by molar-refractivity contribution is 7.99. The van der Waals surface area contributed by atoms with Crippen molar-refractivity contribution in [2.75, 3.05) is 23.8 Å². The Hall–Kier alpha value is -0.740. The fourth-order valence-electron chi connectivity index (χ4n) is 1.70. The van der Waals surface area contributed by atoms with Gasteiger partial charge in [-0.15, -0.1) is 0 Å². The predicted octanol–water partition coefficient (Wildman–Crippen LogP) is 2.33. The van der Waals surface area contributed by atoms with Gasteiger partial charge >= 0.3 is 0 Å². The number of rotatable bonds is 8. The van der Waals surface area contributed by atoms with Gasteiger partial charge in [-0.1, -0.05) is 13.8 Å². The first-order valence-electron chi connectivity index (χ1n) is 6.27. The summed E-state index contributed by atoms with van der Waals surface area (Å²) in [7, 11) is 0. The van der Waals surface area contributed by atoms with Gasteiger partial charge in [0, 0.05) is 18.0 Å². The molecule has 3 N–H and O–H groups in total. The number of pyridine rings is 1. The Morgan fingerprint density at radius 3 is 2.94 bits per heavy atom. The van der Waals surface area contributed by atoms with Crippen LogP contribution >= 0.6 is 11.8 Å². The van der Waals surface area contributed by atoms with Crippen molar-refractivity contribution < 1.29 is 0 Å². The lowest BCUT2D eigenvalue weighted by molar-refractivity contribution is 0.550. The van der Waals surface area contributed by atoms with Crippen molar-refractivity contribution in [2.24, 2.45) is 0 Å². The van der Waals surface area contributed by atoms with E-state index in [0.29, 0.717) is 11.9 Å². The SMILES string of the molecule is CCCNC(CSCC)Cc1ccnc(N)c1. The summed E-state index contributed by atoms with van der Waals surface area (Å²) in [6, 6.07) is 4.55. The molecule has 1 heterocycles. The lowest BCUT2D eigenvalue weighted by Crippen LogP contribution is -2.34.